The van der Waals surface area contributed by atoms with Gasteiger partial charge in [0.25, 0.3) is 0 Å². The molecule has 0 saturated heterocycles. The summed E-state index contributed by atoms with van der Waals surface area (Å²) in [6.45, 7) is 0. The number of hydrogen-bond acceptors (Lipinski definition) is 3. The normalized spacial score (nSPS) is 14.3. The van der Waals surface area contributed by atoms with Crippen molar-refractivity contribution < 1.29 is 21.6 Å². The molecule has 8 heteroatoms. The van der Waals surface area contributed by atoms with Gasteiger partial charge in [-0.15, -0.1) is 0 Å². The highest BCUT2D eigenvalue weighted by Gasteiger charge is 2.31. The highest BCUT2D eigenvalue weighted by Crippen LogP contribution is 2.34. The Morgan fingerprint density at radius 2 is 1.95 bits per heavy atom. The lowest BCUT2D eigenvalue weighted by Crippen LogP contribution is -2.21. The Hall–Kier alpha value is -0.600. The lowest BCUT2D eigenvalue weighted by atomic mass is 10.0. The molecule has 0 radical (unpaired) electrons. The van der Waals surface area contributed by atoms with E-state index in [-0.39, 0.29) is 12.2 Å². The number of alkyl halides is 3. The second-order valence-corrected chi connectivity index (χ2v) is 7.61. The van der Waals surface area contributed by atoms with Crippen molar-refractivity contribution in [3.63, 3.8) is 0 Å². The lowest BCUT2D eigenvalue weighted by molar-refractivity contribution is -0.137. The summed E-state index contributed by atoms with van der Waals surface area (Å²) in [5.41, 5.74) is -0.360. The maximum Gasteiger partial charge on any atom is 0.416 e. The van der Waals surface area contributed by atoms with Crippen LogP contribution in [0.5, 0.6) is 0 Å². The van der Waals surface area contributed by atoms with Crippen LogP contribution in [0.2, 0.25) is 0 Å². The van der Waals surface area contributed by atoms with Crippen molar-refractivity contribution in [3.05, 3.63) is 33.8 Å². The van der Waals surface area contributed by atoms with Gasteiger partial charge in [0.15, 0.2) is 0 Å². The molecule has 1 unspecified atom stereocenters. The third kappa shape index (κ3) is 5.06. The van der Waals surface area contributed by atoms with Crippen LogP contribution in [0, 0.1) is 0 Å². The minimum atomic E-state index is -4.43. The van der Waals surface area contributed by atoms with Crippen molar-refractivity contribution in [2.75, 3.05) is 19.1 Å². The van der Waals surface area contributed by atoms with E-state index in [2.05, 4.69) is 21.2 Å². The van der Waals surface area contributed by atoms with Gasteiger partial charge in [0.2, 0.25) is 0 Å². The molecule has 0 amide bonds. The Kier molecular flexibility index (Phi) is 5.62. The predicted molar refractivity (Wildman–Crippen MR) is 75.3 cm³/mol. The van der Waals surface area contributed by atoms with Crippen LogP contribution in [0.15, 0.2) is 22.7 Å². The fourth-order valence-electron chi connectivity index (χ4n) is 1.77. The van der Waals surface area contributed by atoms with Crippen LogP contribution < -0.4 is 5.32 Å². The minimum absolute atomic E-state index is 0.0960. The molecule has 0 bridgehead atoms. The first-order valence-electron chi connectivity index (χ1n) is 5.76. The monoisotopic (exact) mass is 373 g/mol. The molecule has 0 fully saturated rings. The Balaban J connectivity index is 3.08. The maximum atomic E-state index is 12.7. The van der Waals surface area contributed by atoms with E-state index in [0.717, 1.165) is 18.4 Å². The molecule has 1 atom stereocenters. The number of rotatable bonds is 5. The van der Waals surface area contributed by atoms with Gasteiger partial charge < -0.3 is 5.32 Å². The molecule has 114 valence electrons. The quantitative estimate of drug-likeness (QED) is 0.861. The van der Waals surface area contributed by atoms with Gasteiger partial charge in [-0.1, -0.05) is 15.9 Å². The van der Waals surface area contributed by atoms with E-state index >= 15 is 0 Å². The molecule has 0 aromatic heterocycles. The molecule has 1 rings (SSSR count). The molecule has 20 heavy (non-hydrogen) atoms. The Morgan fingerprint density at radius 3 is 2.40 bits per heavy atom. The van der Waals surface area contributed by atoms with E-state index in [4.69, 9.17) is 0 Å². The maximum absolute atomic E-state index is 12.7. The van der Waals surface area contributed by atoms with Crippen molar-refractivity contribution in [3.8, 4) is 0 Å². The summed E-state index contributed by atoms with van der Waals surface area (Å²) in [6.07, 6.45) is -3.12. The van der Waals surface area contributed by atoms with E-state index in [1.165, 1.54) is 6.07 Å². The highest BCUT2D eigenvalue weighted by molar-refractivity contribution is 9.10. The molecule has 0 heterocycles. The molecular formula is C12H15BrF3NO2S. The molecule has 1 aromatic rings. The summed E-state index contributed by atoms with van der Waals surface area (Å²) in [7, 11) is -1.58. The van der Waals surface area contributed by atoms with Crippen LogP contribution in [0.25, 0.3) is 0 Å². The van der Waals surface area contributed by atoms with Crippen molar-refractivity contribution >= 4 is 25.8 Å². The van der Waals surface area contributed by atoms with Gasteiger partial charge in [-0.25, -0.2) is 8.42 Å². The first kappa shape index (κ1) is 17.5. The van der Waals surface area contributed by atoms with Gasteiger partial charge in [0.05, 0.1) is 11.3 Å². The van der Waals surface area contributed by atoms with E-state index in [9.17, 15) is 21.6 Å². The second-order valence-electron chi connectivity index (χ2n) is 4.49. The van der Waals surface area contributed by atoms with Crippen LogP contribution in [0.4, 0.5) is 13.2 Å². The topological polar surface area (TPSA) is 46.2 Å². The average molecular weight is 374 g/mol. The highest BCUT2D eigenvalue weighted by atomic mass is 79.9. The SMILES string of the molecule is CNC(CCS(C)(=O)=O)c1cc(C(F)(F)F)ccc1Br. The molecule has 0 spiro atoms. The molecule has 0 saturated carbocycles. The first-order chi connectivity index (χ1) is 9.04. The van der Waals surface area contributed by atoms with Gasteiger partial charge in [-0.05, 0) is 37.2 Å². The molecule has 0 aliphatic carbocycles. The minimum Gasteiger partial charge on any atom is -0.313 e. The van der Waals surface area contributed by atoms with E-state index in [1.807, 2.05) is 0 Å². The van der Waals surface area contributed by atoms with Crippen LogP contribution in [-0.4, -0.2) is 27.5 Å². The number of nitrogens with one attached hydrogen (secondary N) is 1. The van der Waals surface area contributed by atoms with Gasteiger partial charge in [0.1, 0.15) is 9.84 Å². The summed E-state index contributed by atoms with van der Waals surface area (Å²) in [4.78, 5) is 0. The largest absolute Gasteiger partial charge is 0.416 e. The third-order valence-electron chi connectivity index (χ3n) is 2.82. The smallest absolute Gasteiger partial charge is 0.313 e. The summed E-state index contributed by atoms with van der Waals surface area (Å²) >= 11 is 3.20. The second kappa shape index (κ2) is 6.44. The van der Waals surface area contributed by atoms with Gasteiger partial charge in [-0.2, -0.15) is 13.2 Å². The van der Waals surface area contributed by atoms with E-state index in [1.54, 1.807) is 7.05 Å². The number of hydrogen-bond donors (Lipinski definition) is 1. The number of sulfone groups is 1. The molecular weight excluding hydrogens is 359 g/mol. The van der Waals surface area contributed by atoms with Crippen LogP contribution in [-0.2, 0) is 16.0 Å². The van der Waals surface area contributed by atoms with Crippen LogP contribution in [0.1, 0.15) is 23.6 Å². The fourth-order valence-corrected chi connectivity index (χ4v) is 2.96. The van der Waals surface area contributed by atoms with Crippen molar-refractivity contribution in [2.45, 2.75) is 18.6 Å². The van der Waals surface area contributed by atoms with Crippen molar-refractivity contribution in [1.29, 1.82) is 0 Å². The summed E-state index contributed by atoms with van der Waals surface area (Å²) in [5.74, 6) is -0.0960. The summed E-state index contributed by atoms with van der Waals surface area (Å²) < 4.78 is 61.0. The summed E-state index contributed by atoms with van der Waals surface area (Å²) in [5, 5.41) is 2.85. The summed E-state index contributed by atoms with van der Waals surface area (Å²) in [6, 6.07) is 2.87. The lowest BCUT2D eigenvalue weighted by Gasteiger charge is -2.19. The molecule has 3 nitrogen and oxygen atoms in total. The van der Waals surface area contributed by atoms with Gasteiger partial charge in [-0.3, -0.25) is 0 Å². The molecule has 0 aliphatic heterocycles. The zero-order valence-electron chi connectivity index (χ0n) is 11.0. The van der Waals surface area contributed by atoms with E-state index < -0.39 is 27.6 Å². The molecule has 1 aromatic carbocycles. The molecule has 1 N–H and O–H groups in total. The van der Waals surface area contributed by atoms with Crippen LogP contribution >= 0.6 is 15.9 Å². The zero-order chi connectivity index (χ0) is 15.6. The standard InChI is InChI=1S/C12H15BrF3NO2S/c1-17-11(5-6-20(2,18)19)9-7-8(12(14,15)16)3-4-10(9)13/h3-4,7,11,17H,5-6H2,1-2H3. The van der Waals surface area contributed by atoms with Gasteiger partial charge >= 0.3 is 6.18 Å². The third-order valence-corrected chi connectivity index (χ3v) is 4.52. The number of benzene rings is 1. The van der Waals surface area contributed by atoms with Crippen molar-refractivity contribution in [1.82, 2.24) is 5.32 Å². The Morgan fingerprint density at radius 1 is 1.35 bits per heavy atom. The van der Waals surface area contributed by atoms with Crippen molar-refractivity contribution in [2.24, 2.45) is 0 Å². The first-order valence-corrected chi connectivity index (χ1v) is 8.61. The van der Waals surface area contributed by atoms with E-state index in [0.29, 0.717) is 10.0 Å². The Bertz CT molecular complexity index is 573. The predicted octanol–water partition coefficient (Wildman–Crippen LogP) is 3.16. The van der Waals surface area contributed by atoms with Crippen LogP contribution in [0.3, 0.4) is 0 Å². The number of halogens is 4. The fraction of sp³-hybridized carbons (Fsp3) is 0.500. The zero-order valence-corrected chi connectivity index (χ0v) is 13.4. The average Bonchev–Trinajstić information content (AvgIpc) is 2.29. The Labute approximate surface area is 124 Å². The molecule has 0 aliphatic rings. The van der Waals surface area contributed by atoms with Gasteiger partial charge in [0, 0.05) is 16.8 Å².